The summed E-state index contributed by atoms with van der Waals surface area (Å²) in [5.74, 6) is -1.93. The molecule has 1 N–H and O–H groups in total. The standard InChI is InChI=1S/C12H9NO5/c14-10-5-6-11(15)13(10)8-3-1-2-4-9(8)18-7-12(16)17/h1-6H,7H2,(H,16,17). The van der Waals surface area contributed by atoms with Crippen molar-refractivity contribution in [1.29, 1.82) is 0 Å². The fourth-order valence-corrected chi connectivity index (χ4v) is 1.54. The highest BCUT2D eigenvalue weighted by Gasteiger charge is 2.27. The molecule has 1 aliphatic rings. The van der Waals surface area contributed by atoms with Gasteiger partial charge in [0.15, 0.2) is 6.61 Å². The number of imide groups is 1. The molecule has 0 fully saturated rings. The third kappa shape index (κ3) is 2.22. The first kappa shape index (κ1) is 11.8. The van der Waals surface area contributed by atoms with E-state index in [1.807, 2.05) is 0 Å². The molecule has 6 heteroatoms. The van der Waals surface area contributed by atoms with Crippen LogP contribution in [-0.2, 0) is 14.4 Å². The highest BCUT2D eigenvalue weighted by molar-refractivity contribution is 6.28. The summed E-state index contributed by atoms with van der Waals surface area (Å²) in [4.78, 5) is 34.4. The predicted molar refractivity (Wildman–Crippen MR) is 61.2 cm³/mol. The Bertz CT molecular complexity index is 531. The monoisotopic (exact) mass is 247 g/mol. The molecule has 0 spiro atoms. The molecule has 2 amide bonds. The first-order valence-electron chi connectivity index (χ1n) is 5.09. The van der Waals surface area contributed by atoms with E-state index >= 15 is 0 Å². The van der Waals surface area contributed by atoms with Crippen LogP contribution >= 0.6 is 0 Å². The molecule has 1 heterocycles. The minimum absolute atomic E-state index is 0.172. The molecule has 1 aliphatic heterocycles. The minimum Gasteiger partial charge on any atom is -0.480 e. The molecular weight excluding hydrogens is 238 g/mol. The number of carboxylic acid groups (broad SMARTS) is 1. The van der Waals surface area contributed by atoms with Crippen LogP contribution in [0.4, 0.5) is 5.69 Å². The van der Waals surface area contributed by atoms with Crippen LogP contribution in [0.2, 0.25) is 0 Å². The number of hydrogen-bond donors (Lipinski definition) is 1. The smallest absolute Gasteiger partial charge is 0.341 e. The maximum Gasteiger partial charge on any atom is 0.341 e. The lowest BCUT2D eigenvalue weighted by molar-refractivity contribution is -0.139. The van der Waals surface area contributed by atoms with Crippen molar-refractivity contribution < 1.29 is 24.2 Å². The highest BCUT2D eigenvalue weighted by Crippen LogP contribution is 2.30. The van der Waals surface area contributed by atoms with Crippen LogP contribution < -0.4 is 9.64 Å². The predicted octanol–water partition coefficient (Wildman–Crippen LogP) is 0.579. The number of benzene rings is 1. The molecule has 92 valence electrons. The van der Waals surface area contributed by atoms with E-state index in [0.717, 1.165) is 17.1 Å². The van der Waals surface area contributed by atoms with E-state index in [1.165, 1.54) is 12.1 Å². The second kappa shape index (κ2) is 4.70. The SMILES string of the molecule is O=C(O)COc1ccccc1N1C(=O)C=CC1=O. The first-order valence-corrected chi connectivity index (χ1v) is 5.09. The number of aliphatic carboxylic acids is 1. The number of anilines is 1. The van der Waals surface area contributed by atoms with Crippen LogP contribution in [0, 0.1) is 0 Å². The third-order valence-corrected chi connectivity index (χ3v) is 2.27. The number of carbonyl (C=O) groups is 3. The van der Waals surface area contributed by atoms with Crippen LogP contribution in [-0.4, -0.2) is 29.5 Å². The van der Waals surface area contributed by atoms with Crippen molar-refractivity contribution in [1.82, 2.24) is 0 Å². The van der Waals surface area contributed by atoms with E-state index in [1.54, 1.807) is 12.1 Å². The average molecular weight is 247 g/mol. The van der Waals surface area contributed by atoms with E-state index in [0.29, 0.717) is 0 Å². The van der Waals surface area contributed by atoms with Gasteiger partial charge in [-0.1, -0.05) is 12.1 Å². The van der Waals surface area contributed by atoms with Gasteiger partial charge >= 0.3 is 5.97 Å². The number of rotatable bonds is 4. The Morgan fingerprint density at radius 1 is 1.17 bits per heavy atom. The average Bonchev–Trinajstić information content (AvgIpc) is 2.67. The van der Waals surface area contributed by atoms with Gasteiger partial charge in [0.25, 0.3) is 11.8 Å². The van der Waals surface area contributed by atoms with Gasteiger partial charge in [-0.3, -0.25) is 9.59 Å². The van der Waals surface area contributed by atoms with Crippen molar-refractivity contribution in [2.75, 3.05) is 11.5 Å². The Labute approximate surface area is 102 Å². The normalized spacial score (nSPS) is 14.1. The summed E-state index contributed by atoms with van der Waals surface area (Å²) in [6.45, 7) is -0.541. The number of hydrogen-bond acceptors (Lipinski definition) is 4. The van der Waals surface area contributed by atoms with E-state index < -0.39 is 24.4 Å². The summed E-state index contributed by atoms with van der Waals surface area (Å²) in [5, 5.41) is 8.55. The van der Waals surface area contributed by atoms with Gasteiger partial charge in [-0.05, 0) is 12.1 Å². The molecule has 6 nitrogen and oxygen atoms in total. The summed E-state index contributed by atoms with van der Waals surface area (Å²) in [6, 6.07) is 6.26. The molecule has 0 bridgehead atoms. The number of amides is 2. The van der Waals surface area contributed by atoms with Gasteiger partial charge < -0.3 is 9.84 Å². The summed E-state index contributed by atoms with van der Waals surface area (Å²) in [6.07, 6.45) is 2.30. The van der Waals surface area contributed by atoms with Crippen LogP contribution in [0.15, 0.2) is 36.4 Å². The van der Waals surface area contributed by atoms with Gasteiger partial charge in [-0.2, -0.15) is 0 Å². The topological polar surface area (TPSA) is 83.9 Å². The Morgan fingerprint density at radius 2 is 1.78 bits per heavy atom. The van der Waals surface area contributed by atoms with Crippen molar-refractivity contribution in [3.8, 4) is 5.75 Å². The molecule has 2 rings (SSSR count). The van der Waals surface area contributed by atoms with E-state index in [2.05, 4.69) is 0 Å². The van der Waals surface area contributed by atoms with E-state index in [9.17, 15) is 14.4 Å². The molecule has 0 saturated heterocycles. The highest BCUT2D eigenvalue weighted by atomic mass is 16.5. The molecular formula is C12H9NO5. The second-order valence-electron chi connectivity index (χ2n) is 3.50. The Hall–Kier alpha value is -2.63. The molecule has 1 aromatic carbocycles. The zero-order valence-corrected chi connectivity index (χ0v) is 9.20. The molecule has 0 aromatic heterocycles. The fourth-order valence-electron chi connectivity index (χ4n) is 1.54. The summed E-state index contributed by atoms with van der Waals surface area (Å²) < 4.78 is 5.03. The summed E-state index contributed by atoms with van der Waals surface area (Å²) >= 11 is 0. The molecule has 0 atom stereocenters. The minimum atomic E-state index is -1.14. The van der Waals surface area contributed by atoms with Gasteiger partial charge in [0.1, 0.15) is 5.75 Å². The lowest BCUT2D eigenvalue weighted by Crippen LogP contribution is -2.30. The molecule has 1 aromatic rings. The number of para-hydroxylation sites is 2. The first-order chi connectivity index (χ1) is 8.59. The Kier molecular flexibility index (Phi) is 3.09. The Morgan fingerprint density at radius 3 is 2.39 bits per heavy atom. The molecule has 0 unspecified atom stereocenters. The quantitative estimate of drug-likeness (QED) is 0.787. The lowest BCUT2D eigenvalue weighted by Gasteiger charge is -2.17. The van der Waals surface area contributed by atoms with Crippen molar-refractivity contribution >= 4 is 23.5 Å². The molecule has 0 saturated carbocycles. The number of carboxylic acids is 1. The number of nitrogens with zero attached hydrogens (tertiary/aromatic N) is 1. The van der Waals surface area contributed by atoms with Crippen molar-refractivity contribution in [3.63, 3.8) is 0 Å². The van der Waals surface area contributed by atoms with Gasteiger partial charge in [0.05, 0.1) is 5.69 Å². The molecule has 18 heavy (non-hydrogen) atoms. The van der Waals surface area contributed by atoms with E-state index in [4.69, 9.17) is 9.84 Å². The summed E-state index contributed by atoms with van der Waals surface area (Å²) in [5.41, 5.74) is 0.235. The Balaban J connectivity index is 2.30. The van der Waals surface area contributed by atoms with Gasteiger partial charge in [0, 0.05) is 12.2 Å². The molecule has 0 aliphatic carbocycles. The van der Waals surface area contributed by atoms with Crippen LogP contribution in [0.5, 0.6) is 5.75 Å². The van der Waals surface area contributed by atoms with E-state index in [-0.39, 0.29) is 11.4 Å². The molecule has 0 radical (unpaired) electrons. The maximum absolute atomic E-state index is 11.5. The summed E-state index contributed by atoms with van der Waals surface area (Å²) in [7, 11) is 0. The zero-order chi connectivity index (χ0) is 13.1. The third-order valence-electron chi connectivity index (χ3n) is 2.27. The van der Waals surface area contributed by atoms with Crippen molar-refractivity contribution in [2.24, 2.45) is 0 Å². The zero-order valence-electron chi connectivity index (χ0n) is 9.20. The van der Waals surface area contributed by atoms with Gasteiger partial charge in [-0.15, -0.1) is 0 Å². The van der Waals surface area contributed by atoms with Crippen molar-refractivity contribution in [3.05, 3.63) is 36.4 Å². The largest absolute Gasteiger partial charge is 0.480 e. The second-order valence-corrected chi connectivity index (χ2v) is 3.50. The lowest BCUT2D eigenvalue weighted by atomic mass is 10.2. The van der Waals surface area contributed by atoms with Gasteiger partial charge in [0.2, 0.25) is 0 Å². The number of ether oxygens (including phenoxy) is 1. The van der Waals surface area contributed by atoms with Crippen LogP contribution in [0.3, 0.4) is 0 Å². The number of carbonyl (C=O) groups excluding carboxylic acids is 2. The van der Waals surface area contributed by atoms with Gasteiger partial charge in [-0.25, -0.2) is 9.69 Å². The van der Waals surface area contributed by atoms with Crippen LogP contribution in [0.1, 0.15) is 0 Å². The fraction of sp³-hybridized carbons (Fsp3) is 0.0833. The maximum atomic E-state index is 11.5. The van der Waals surface area contributed by atoms with Crippen LogP contribution in [0.25, 0.3) is 0 Å². The van der Waals surface area contributed by atoms with Crippen molar-refractivity contribution in [2.45, 2.75) is 0 Å².